The molecular formula is C13H18ClNO2. The van der Waals surface area contributed by atoms with Gasteiger partial charge in [-0.3, -0.25) is 0 Å². The Hall–Kier alpha value is -0.930. The van der Waals surface area contributed by atoms with Crippen LogP contribution in [-0.4, -0.2) is 27.3 Å². The minimum Gasteiger partial charge on any atom is -0.496 e. The molecule has 0 spiro atoms. The number of nitrogens with one attached hydrogen (secondary N) is 1. The molecule has 1 aromatic carbocycles. The number of hydrogen-bond acceptors (Lipinski definition) is 3. The minimum absolute atomic E-state index is 0.485. The van der Waals surface area contributed by atoms with Gasteiger partial charge in [0.15, 0.2) is 0 Å². The highest BCUT2D eigenvalue weighted by Gasteiger charge is 2.23. The van der Waals surface area contributed by atoms with Crippen LogP contribution in [0.4, 0.5) is 0 Å². The van der Waals surface area contributed by atoms with Crippen molar-refractivity contribution in [2.24, 2.45) is 0 Å². The van der Waals surface area contributed by atoms with E-state index in [2.05, 4.69) is 5.32 Å². The van der Waals surface area contributed by atoms with Gasteiger partial charge < -0.3 is 14.8 Å². The van der Waals surface area contributed by atoms with Crippen LogP contribution < -0.4 is 14.8 Å². The molecule has 0 bridgehead atoms. The highest BCUT2D eigenvalue weighted by molar-refractivity contribution is 6.30. The van der Waals surface area contributed by atoms with Crippen LogP contribution >= 0.6 is 11.6 Å². The van der Waals surface area contributed by atoms with Gasteiger partial charge in [-0.1, -0.05) is 11.6 Å². The smallest absolute Gasteiger partial charge is 0.127 e. The number of piperidine rings is 1. The van der Waals surface area contributed by atoms with Crippen molar-refractivity contribution in [2.45, 2.75) is 18.8 Å². The van der Waals surface area contributed by atoms with Crippen molar-refractivity contribution >= 4 is 11.6 Å². The standard InChI is InChI=1S/C13H18ClNO2/c1-16-11-7-10(14)8-12(17-2)13(11)9-3-5-15-6-4-9/h7-9,15H,3-6H2,1-2H3. The van der Waals surface area contributed by atoms with E-state index in [-0.39, 0.29) is 0 Å². The van der Waals surface area contributed by atoms with E-state index < -0.39 is 0 Å². The van der Waals surface area contributed by atoms with Gasteiger partial charge in [0.1, 0.15) is 11.5 Å². The summed E-state index contributed by atoms with van der Waals surface area (Å²) in [4.78, 5) is 0. The van der Waals surface area contributed by atoms with E-state index in [4.69, 9.17) is 21.1 Å². The fourth-order valence-electron chi connectivity index (χ4n) is 2.42. The molecule has 17 heavy (non-hydrogen) atoms. The highest BCUT2D eigenvalue weighted by Crippen LogP contribution is 2.41. The summed E-state index contributed by atoms with van der Waals surface area (Å²) in [7, 11) is 3.35. The molecule has 0 aromatic heterocycles. The van der Waals surface area contributed by atoms with Crippen molar-refractivity contribution in [3.63, 3.8) is 0 Å². The summed E-state index contributed by atoms with van der Waals surface area (Å²) in [5.41, 5.74) is 1.15. The molecule has 1 aromatic rings. The highest BCUT2D eigenvalue weighted by atomic mass is 35.5. The zero-order chi connectivity index (χ0) is 12.3. The number of halogens is 1. The summed E-state index contributed by atoms with van der Waals surface area (Å²) in [6.45, 7) is 2.08. The minimum atomic E-state index is 0.485. The van der Waals surface area contributed by atoms with Crippen molar-refractivity contribution in [2.75, 3.05) is 27.3 Å². The van der Waals surface area contributed by atoms with Crippen LogP contribution in [0.2, 0.25) is 5.02 Å². The van der Waals surface area contributed by atoms with Gasteiger partial charge in [0.25, 0.3) is 0 Å². The normalized spacial score (nSPS) is 16.9. The number of methoxy groups -OCH3 is 2. The second-order valence-electron chi connectivity index (χ2n) is 4.25. The number of ether oxygens (including phenoxy) is 2. The van der Waals surface area contributed by atoms with Crippen LogP contribution in [0.25, 0.3) is 0 Å². The fraction of sp³-hybridized carbons (Fsp3) is 0.538. The first-order valence-electron chi connectivity index (χ1n) is 5.88. The first-order chi connectivity index (χ1) is 8.26. The van der Waals surface area contributed by atoms with Gasteiger partial charge in [0, 0.05) is 10.6 Å². The fourth-order valence-corrected chi connectivity index (χ4v) is 2.62. The average Bonchev–Trinajstić information content (AvgIpc) is 2.38. The maximum Gasteiger partial charge on any atom is 0.127 e. The van der Waals surface area contributed by atoms with E-state index in [0.717, 1.165) is 43.0 Å². The lowest BCUT2D eigenvalue weighted by atomic mass is 9.89. The molecule has 4 heteroatoms. The van der Waals surface area contributed by atoms with Gasteiger partial charge in [-0.25, -0.2) is 0 Å². The molecule has 1 aliphatic heterocycles. The Morgan fingerprint density at radius 3 is 2.12 bits per heavy atom. The summed E-state index contributed by atoms with van der Waals surface area (Å²) < 4.78 is 10.9. The lowest BCUT2D eigenvalue weighted by Crippen LogP contribution is -2.27. The summed E-state index contributed by atoms with van der Waals surface area (Å²) in [6, 6.07) is 3.73. The first kappa shape index (κ1) is 12.5. The second-order valence-corrected chi connectivity index (χ2v) is 4.68. The predicted octanol–water partition coefficient (Wildman–Crippen LogP) is 2.82. The number of rotatable bonds is 3. The van der Waals surface area contributed by atoms with Crippen molar-refractivity contribution in [1.29, 1.82) is 0 Å². The second kappa shape index (κ2) is 5.61. The zero-order valence-electron chi connectivity index (χ0n) is 10.3. The number of benzene rings is 1. The van der Waals surface area contributed by atoms with Gasteiger partial charge in [-0.15, -0.1) is 0 Å². The van der Waals surface area contributed by atoms with Crippen LogP contribution in [0, 0.1) is 0 Å². The molecule has 1 saturated heterocycles. The first-order valence-corrected chi connectivity index (χ1v) is 6.26. The summed E-state index contributed by atoms with van der Waals surface area (Å²) in [6.07, 6.45) is 2.21. The Bertz CT molecular complexity index is 364. The maximum atomic E-state index is 6.05. The van der Waals surface area contributed by atoms with Gasteiger partial charge in [-0.2, -0.15) is 0 Å². The molecule has 94 valence electrons. The quantitative estimate of drug-likeness (QED) is 0.901. The Balaban J connectivity index is 2.41. The van der Waals surface area contributed by atoms with Crippen molar-refractivity contribution in [3.05, 3.63) is 22.7 Å². The van der Waals surface area contributed by atoms with Crippen LogP contribution in [0.15, 0.2) is 12.1 Å². The molecule has 3 nitrogen and oxygen atoms in total. The number of hydrogen-bond donors (Lipinski definition) is 1. The Morgan fingerprint density at radius 1 is 1.12 bits per heavy atom. The molecule has 0 unspecified atom stereocenters. The van der Waals surface area contributed by atoms with Crippen LogP contribution in [-0.2, 0) is 0 Å². The van der Waals surface area contributed by atoms with Crippen LogP contribution in [0.1, 0.15) is 24.3 Å². The zero-order valence-corrected chi connectivity index (χ0v) is 11.0. The van der Waals surface area contributed by atoms with Gasteiger partial charge in [0.2, 0.25) is 0 Å². The largest absolute Gasteiger partial charge is 0.496 e. The third-order valence-electron chi connectivity index (χ3n) is 3.26. The Morgan fingerprint density at radius 2 is 1.65 bits per heavy atom. The SMILES string of the molecule is COc1cc(Cl)cc(OC)c1C1CCNCC1. The summed E-state index contributed by atoms with van der Waals surface area (Å²) in [5.74, 6) is 2.15. The molecule has 2 rings (SSSR count). The third kappa shape index (κ3) is 2.67. The average molecular weight is 256 g/mol. The monoisotopic (exact) mass is 255 g/mol. The van der Waals surface area contributed by atoms with E-state index in [1.807, 2.05) is 12.1 Å². The lowest BCUT2D eigenvalue weighted by Gasteiger charge is -2.26. The van der Waals surface area contributed by atoms with Gasteiger partial charge in [-0.05, 0) is 44.0 Å². The molecule has 0 amide bonds. The van der Waals surface area contributed by atoms with Crippen LogP contribution in [0.3, 0.4) is 0 Å². The van der Waals surface area contributed by atoms with Crippen molar-refractivity contribution < 1.29 is 9.47 Å². The molecule has 0 saturated carbocycles. The van der Waals surface area contributed by atoms with Gasteiger partial charge >= 0.3 is 0 Å². The molecule has 0 aliphatic carbocycles. The van der Waals surface area contributed by atoms with Crippen molar-refractivity contribution in [3.8, 4) is 11.5 Å². The Kier molecular flexibility index (Phi) is 4.13. The maximum absolute atomic E-state index is 6.05. The molecule has 1 N–H and O–H groups in total. The summed E-state index contributed by atoms with van der Waals surface area (Å²) >= 11 is 6.05. The molecule has 0 atom stereocenters. The van der Waals surface area contributed by atoms with E-state index in [1.165, 1.54) is 0 Å². The lowest BCUT2D eigenvalue weighted by molar-refractivity contribution is 0.364. The molecule has 1 fully saturated rings. The molecule has 1 aliphatic rings. The Labute approximate surface area is 107 Å². The molecule has 1 heterocycles. The molecular weight excluding hydrogens is 238 g/mol. The van der Waals surface area contributed by atoms with E-state index >= 15 is 0 Å². The topological polar surface area (TPSA) is 30.5 Å². The summed E-state index contributed by atoms with van der Waals surface area (Å²) in [5, 5.41) is 4.01. The third-order valence-corrected chi connectivity index (χ3v) is 3.47. The van der Waals surface area contributed by atoms with Crippen LogP contribution in [0.5, 0.6) is 11.5 Å². The van der Waals surface area contributed by atoms with E-state index in [0.29, 0.717) is 10.9 Å². The van der Waals surface area contributed by atoms with E-state index in [1.54, 1.807) is 14.2 Å². The van der Waals surface area contributed by atoms with Gasteiger partial charge in [0.05, 0.1) is 14.2 Å². The van der Waals surface area contributed by atoms with E-state index in [9.17, 15) is 0 Å². The molecule has 0 radical (unpaired) electrons. The van der Waals surface area contributed by atoms with Crippen molar-refractivity contribution in [1.82, 2.24) is 5.32 Å². The predicted molar refractivity (Wildman–Crippen MR) is 69.4 cm³/mol.